The Balaban J connectivity index is 1.96. The average Bonchev–Trinajstić information content (AvgIpc) is 3.39. The number of hydrogen-bond donors (Lipinski definition) is 2. The lowest BCUT2D eigenvalue weighted by molar-refractivity contribution is -0.384. The third kappa shape index (κ3) is 4.73. The number of amides is 1. The van der Waals surface area contributed by atoms with Gasteiger partial charge in [-0.05, 0) is 49.0 Å². The highest BCUT2D eigenvalue weighted by Gasteiger charge is 2.46. The minimum absolute atomic E-state index is 0.00616. The van der Waals surface area contributed by atoms with Gasteiger partial charge in [0.25, 0.3) is 5.69 Å². The van der Waals surface area contributed by atoms with Crippen LogP contribution >= 0.6 is 0 Å². The molecule has 1 saturated heterocycles. The summed E-state index contributed by atoms with van der Waals surface area (Å²) in [5.41, 5.74) is 0.581. The van der Waals surface area contributed by atoms with Crippen LogP contribution in [-0.2, 0) is 9.84 Å². The van der Waals surface area contributed by atoms with Crippen LogP contribution in [0.4, 0.5) is 16.2 Å². The Morgan fingerprint density at radius 2 is 2.09 bits per heavy atom. The van der Waals surface area contributed by atoms with E-state index in [-0.39, 0.29) is 22.8 Å². The molecule has 1 aliphatic heterocycles. The normalized spacial score (nSPS) is 22.3. The summed E-state index contributed by atoms with van der Waals surface area (Å²) >= 11 is 0. The molecule has 2 N–H and O–H groups in total. The van der Waals surface area contributed by atoms with Crippen LogP contribution in [0, 0.1) is 21.4 Å². The Labute approximate surface area is 189 Å². The van der Waals surface area contributed by atoms with Crippen LogP contribution in [0.15, 0.2) is 18.2 Å². The highest BCUT2D eigenvalue weighted by Crippen LogP contribution is 2.49. The smallest absolute Gasteiger partial charge is 0.404 e. The summed E-state index contributed by atoms with van der Waals surface area (Å²) in [6, 6.07) is 6.64. The Morgan fingerprint density at radius 1 is 1.44 bits per heavy atom. The maximum atomic E-state index is 11.8. The Bertz CT molecular complexity index is 949. The molecule has 1 saturated carbocycles. The van der Waals surface area contributed by atoms with E-state index < -0.39 is 24.7 Å². The van der Waals surface area contributed by atoms with Crippen LogP contribution in [0.2, 0.25) is 18.1 Å². The maximum absolute atomic E-state index is 11.8. The van der Waals surface area contributed by atoms with E-state index in [9.17, 15) is 25.3 Å². The first-order valence-corrected chi connectivity index (χ1v) is 13.8. The summed E-state index contributed by atoms with van der Waals surface area (Å²) in [5, 5.41) is 33.2. The predicted octanol–water partition coefficient (Wildman–Crippen LogP) is 4.39. The zero-order chi connectivity index (χ0) is 23.9. The molecule has 0 bridgehead atoms. The van der Waals surface area contributed by atoms with Gasteiger partial charge in [0, 0.05) is 12.6 Å². The molecule has 1 heterocycles. The molecule has 174 valence electrons. The van der Waals surface area contributed by atoms with Crippen molar-refractivity contribution in [3.63, 3.8) is 0 Å². The molecule has 0 radical (unpaired) electrons. The Hall–Kier alpha value is -2.64. The zero-order valence-electron chi connectivity index (χ0n) is 19.3. The summed E-state index contributed by atoms with van der Waals surface area (Å²) < 4.78 is 6.41. The van der Waals surface area contributed by atoms with Gasteiger partial charge in [0.05, 0.1) is 35.1 Å². The number of anilines is 1. The number of nitro benzene ring substituents is 1. The number of carbonyl (C=O) groups is 1. The van der Waals surface area contributed by atoms with E-state index in [4.69, 9.17) is 4.43 Å². The van der Waals surface area contributed by atoms with Crippen LogP contribution in [0.1, 0.15) is 45.6 Å². The van der Waals surface area contributed by atoms with Gasteiger partial charge >= 0.3 is 6.09 Å². The summed E-state index contributed by atoms with van der Waals surface area (Å²) in [5.74, 6) is 0. The number of nitrogens with zero attached hydrogens (tertiary/aromatic N) is 3. The van der Waals surface area contributed by atoms with Gasteiger partial charge in [0.1, 0.15) is 5.69 Å². The van der Waals surface area contributed by atoms with Gasteiger partial charge < -0.3 is 19.7 Å². The molecule has 2 aliphatic rings. The molecule has 3 rings (SSSR count). The third-order valence-corrected chi connectivity index (χ3v) is 11.7. The summed E-state index contributed by atoms with van der Waals surface area (Å²) in [6.45, 7) is 11.4. The summed E-state index contributed by atoms with van der Waals surface area (Å²) in [7, 11) is -2.07. The van der Waals surface area contributed by atoms with E-state index in [0.717, 1.165) is 18.4 Å². The molecule has 2 atom stereocenters. The molecule has 1 aromatic carbocycles. The largest absolute Gasteiger partial charge is 0.465 e. The van der Waals surface area contributed by atoms with E-state index in [1.165, 1.54) is 6.07 Å². The van der Waals surface area contributed by atoms with Gasteiger partial charge in [-0.15, -0.1) is 0 Å². The Morgan fingerprint density at radius 3 is 2.59 bits per heavy atom. The molecule has 10 heteroatoms. The number of nitrogens with one attached hydrogen (secondary N) is 1. The molecule has 2 fully saturated rings. The van der Waals surface area contributed by atoms with Gasteiger partial charge in [0.2, 0.25) is 0 Å². The van der Waals surface area contributed by atoms with Crippen molar-refractivity contribution in [3.8, 4) is 6.07 Å². The van der Waals surface area contributed by atoms with Crippen molar-refractivity contribution in [1.82, 2.24) is 5.32 Å². The van der Waals surface area contributed by atoms with E-state index in [1.807, 2.05) is 4.90 Å². The van der Waals surface area contributed by atoms with E-state index in [1.54, 1.807) is 12.1 Å². The number of hydrogen-bond acceptors (Lipinski definition) is 6. The zero-order valence-corrected chi connectivity index (χ0v) is 20.3. The van der Waals surface area contributed by atoms with Crippen molar-refractivity contribution in [1.29, 1.82) is 5.26 Å². The van der Waals surface area contributed by atoms with Crippen molar-refractivity contribution in [2.24, 2.45) is 0 Å². The fraction of sp³-hybridized carbons (Fsp3) is 0.636. The molecule has 32 heavy (non-hydrogen) atoms. The SMILES string of the molecule is CC(C)(C)[Si](C)(C)OC[C@@H]1C[C@H](NC(=O)O)CN1c1cc(C2(C#N)CC2)ccc1[N+](=O)[O-]. The number of benzene rings is 1. The molecular formula is C22H32N4O5Si. The number of nitriles is 1. The molecule has 0 unspecified atom stereocenters. The molecular weight excluding hydrogens is 428 g/mol. The van der Waals surface area contributed by atoms with Crippen molar-refractivity contribution in [2.75, 3.05) is 18.1 Å². The molecule has 1 aromatic rings. The fourth-order valence-electron chi connectivity index (χ4n) is 3.97. The van der Waals surface area contributed by atoms with Gasteiger partial charge in [0.15, 0.2) is 8.32 Å². The lowest BCUT2D eigenvalue weighted by atomic mass is 9.96. The van der Waals surface area contributed by atoms with Crippen LogP contribution < -0.4 is 10.2 Å². The van der Waals surface area contributed by atoms with Gasteiger partial charge in [-0.25, -0.2) is 4.79 Å². The van der Waals surface area contributed by atoms with Crippen LogP contribution in [0.5, 0.6) is 0 Å². The topological polar surface area (TPSA) is 129 Å². The van der Waals surface area contributed by atoms with Crippen molar-refractivity contribution >= 4 is 25.8 Å². The number of nitro groups is 1. The van der Waals surface area contributed by atoms with Gasteiger partial charge in [-0.1, -0.05) is 26.8 Å². The van der Waals surface area contributed by atoms with Crippen molar-refractivity contribution in [3.05, 3.63) is 33.9 Å². The molecule has 0 spiro atoms. The third-order valence-electron chi connectivity index (χ3n) is 7.18. The first-order chi connectivity index (χ1) is 14.8. The highest BCUT2D eigenvalue weighted by atomic mass is 28.4. The summed E-state index contributed by atoms with van der Waals surface area (Å²) in [4.78, 5) is 24.6. The molecule has 1 amide bonds. The maximum Gasteiger partial charge on any atom is 0.404 e. The average molecular weight is 461 g/mol. The first-order valence-electron chi connectivity index (χ1n) is 10.9. The second-order valence-electron chi connectivity index (χ2n) is 10.4. The second kappa shape index (κ2) is 8.37. The van der Waals surface area contributed by atoms with Crippen LogP contribution in [0.3, 0.4) is 0 Å². The van der Waals surface area contributed by atoms with E-state index in [2.05, 4.69) is 45.3 Å². The van der Waals surface area contributed by atoms with Gasteiger partial charge in [-0.3, -0.25) is 10.1 Å². The highest BCUT2D eigenvalue weighted by molar-refractivity contribution is 6.74. The molecule has 9 nitrogen and oxygen atoms in total. The standard InChI is InChI=1S/C22H32N4O5Si/c1-21(2,3)32(4,5)31-13-17-11-16(24-20(27)28)12-25(17)19-10-15(22(14-23)8-9-22)6-7-18(19)26(29)30/h6-7,10,16-17,24H,8-9,11-13H2,1-5H3,(H,27,28)/t16-,17-/m0/s1. The Kier molecular flexibility index (Phi) is 6.28. The van der Waals surface area contributed by atoms with Crippen LogP contribution in [0.25, 0.3) is 0 Å². The fourth-order valence-corrected chi connectivity index (χ4v) is 5.01. The number of rotatable bonds is 7. The predicted molar refractivity (Wildman–Crippen MR) is 123 cm³/mol. The quantitative estimate of drug-likeness (QED) is 0.351. The van der Waals surface area contributed by atoms with Crippen LogP contribution in [-0.4, -0.2) is 49.7 Å². The van der Waals surface area contributed by atoms with Gasteiger partial charge in [-0.2, -0.15) is 5.26 Å². The minimum atomic E-state index is -2.07. The molecule has 1 aliphatic carbocycles. The van der Waals surface area contributed by atoms with E-state index in [0.29, 0.717) is 25.3 Å². The monoisotopic (exact) mass is 460 g/mol. The summed E-state index contributed by atoms with van der Waals surface area (Å²) in [6.07, 6.45) is 0.848. The minimum Gasteiger partial charge on any atom is -0.465 e. The van der Waals surface area contributed by atoms with Crippen molar-refractivity contribution in [2.45, 2.75) is 75.7 Å². The number of carboxylic acid groups (broad SMARTS) is 1. The second-order valence-corrected chi connectivity index (χ2v) is 15.2. The first kappa shape index (κ1) is 24.0. The molecule has 0 aromatic heterocycles. The lowest BCUT2D eigenvalue weighted by Gasteiger charge is -2.38. The van der Waals surface area contributed by atoms with E-state index >= 15 is 0 Å². The van der Waals surface area contributed by atoms with Crippen molar-refractivity contribution < 1.29 is 19.3 Å². The lowest BCUT2D eigenvalue weighted by Crippen LogP contribution is -2.45.